The van der Waals surface area contributed by atoms with Gasteiger partial charge in [0.25, 0.3) is 6.26 Å². The van der Waals surface area contributed by atoms with Gasteiger partial charge in [0.15, 0.2) is 11.6 Å². The van der Waals surface area contributed by atoms with E-state index in [9.17, 15) is 4.39 Å². The van der Waals surface area contributed by atoms with Crippen molar-refractivity contribution in [3.05, 3.63) is 30.1 Å². The van der Waals surface area contributed by atoms with E-state index in [1.807, 2.05) is 0 Å². The quantitative estimate of drug-likeness (QED) is 0.551. The number of nitrogens with zero attached hydrogens (tertiary/aromatic N) is 1. The predicted octanol–water partition coefficient (Wildman–Crippen LogP) is 1.69. The van der Waals surface area contributed by atoms with Crippen molar-refractivity contribution in [2.45, 2.75) is 0 Å². The van der Waals surface area contributed by atoms with E-state index < -0.39 is 5.82 Å². The largest absolute Gasteiger partial charge is 0.385 e. The van der Waals surface area contributed by atoms with Crippen LogP contribution in [0.5, 0.6) is 5.75 Å². The minimum Gasteiger partial charge on any atom is -0.385 e. The second kappa shape index (κ2) is 2.83. The molecule has 0 bridgehead atoms. The van der Waals surface area contributed by atoms with E-state index in [-0.39, 0.29) is 5.75 Å². The van der Waals surface area contributed by atoms with Crippen molar-refractivity contribution in [3.8, 4) is 12.0 Å². The zero-order valence-corrected chi connectivity index (χ0v) is 5.04. The van der Waals surface area contributed by atoms with Crippen LogP contribution in [-0.2, 0) is 0 Å². The maximum absolute atomic E-state index is 12.5. The van der Waals surface area contributed by atoms with Crippen LogP contribution in [0.1, 0.15) is 0 Å². The van der Waals surface area contributed by atoms with Crippen molar-refractivity contribution in [1.29, 1.82) is 5.26 Å². The molecule has 1 aromatic carbocycles. The minimum atomic E-state index is -0.524. The summed E-state index contributed by atoms with van der Waals surface area (Å²) in [6.07, 6.45) is 1.38. The highest BCUT2D eigenvalue weighted by Crippen LogP contribution is 2.14. The summed E-state index contributed by atoms with van der Waals surface area (Å²) in [5.41, 5.74) is 0. The van der Waals surface area contributed by atoms with Gasteiger partial charge >= 0.3 is 0 Å². The molecule has 0 saturated heterocycles. The molecule has 0 radical (unpaired) electrons. The fourth-order valence-corrected chi connectivity index (χ4v) is 0.577. The van der Waals surface area contributed by atoms with E-state index in [4.69, 9.17) is 5.26 Å². The number of ether oxygens (including phenoxy) is 1. The van der Waals surface area contributed by atoms with Crippen LogP contribution in [0.25, 0.3) is 0 Å². The van der Waals surface area contributed by atoms with Gasteiger partial charge in [-0.2, -0.15) is 0 Å². The summed E-state index contributed by atoms with van der Waals surface area (Å²) in [4.78, 5) is 0. The van der Waals surface area contributed by atoms with Gasteiger partial charge in [0.2, 0.25) is 0 Å². The van der Waals surface area contributed by atoms with Crippen molar-refractivity contribution in [1.82, 2.24) is 0 Å². The van der Waals surface area contributed by atoms with E-state index in [2.05, 4.69) is 4.74 Å². The van der Waals surface area contributed by atoms with Crippen LogP contribution in [0.15, 0.2) is 24.3 Å². The monoisotopic (exact) mass is 137 g/mol. The molecule has 0 spiro atoms. The second-order valence-electron chi connectivity index (χ2n) is 1.62. The zero-order valence-electron chi connectivity index (χ0n) is 5.04. The standard InChI is InChI=1S/C7H4FNO/c8-6-3-1-2-4-7(6)10-5-9/h1-4H. The highest BCUT2D eigenvalue weighted by Gasteiger charge is 1.98. The van der Waals surface area contributed by atoms with Gasteiger partial charge in [-0.3, -0.25) is 0 Å². The van der Waals surface area contributed by atoms with Crippen molar-refractivity contribution < 1.29 is 9.13 Å². The van der Waals surface area contributed by atoms with Gasteiger partial charge in [0.1, 0.15) is 0 Å². The lowest BCUT2D eigenvalue weighted by Gasteiger charge is -1.94. The molecule has 0 amide bonds. The maximum Gasteiger partial charge on any atom is 0.292 e. The Labute approximate surface area is 57.5 Å². The van der Waals surface area contributed by atoms with Gasteiger partial charge < -0.3 is 4.74 Å². The first-order valence-corrected chi connectivity index (χ1v) is 2.65. The fourth-order valence-electron chi connectivity index (χ4n) is 0.577. The van der Waals surface area contributed by atoms with Gasteiger partial charge in [0, 0.05) is 0 Å². The Morgan fingerprint density at radius 1 is 1.40 bits per heavy atom. The molecule has 0 aliphatic heterocycles. The van der Waals surface area contributed by atoms with E-state index in [0.29, 0.717) is 0 Å². The maximum atomic E-state index is 12.5. The predicted molar refractivity (Wildman–Crippen MR) is 32.6 cm³/mol. The summed E-state index contributed by atoms with van der Waals surface area (Å²) >= 11 is 0. The highest BCUT2D eigenvalue weighted by molar-refractivity contribution is 5.24. The molecular formula is C7H4FNO. The number of rotatable bonds is 1. The average molecular weight is 137 g/mol. The Morgan fingerprint density at radius 3 is 2.70 bits per heavy atom. The Morgan fingerprint density at radius 2 is 2.10 bits per heavy atom. The van der Waals surface area contributed by atoms with E-state index in [0.717, 1.165) is 0 Å². The van der Waals surface area contributed by atoms with Crippen LogP contribution >= 0.6 is 0 Å². The van der Waals surface area contributed by atoms with E-state index >= 15 is 0 Å². The van der Waals surface area contributed by atoms with Crippen molar-refractivity contribution >= 4 is 0 Å². The van der Waals surface area contributed by atoms with Gasteiger partial charge in [0.05, 0.1) is 0 Å². The van der Waals surface area contributed by atoms with Gasteiger partial charge in [-0.05, 0) is 12.1 Å². The van der Waals surface area contributed by atoms with E-state index in [1.54, 1.807) is 6.07 Å². The molecule has 0 fully saturated rings. The molecule has 50 valence electrons. The van der Waals surface area contributed by atoms with Crippen LogP contribution in [-0.4, -0.2) is 0 Å². The second-order valence-corrected chi connectivity index (χ2v) is 1.62. The first-order valence-electron chi connectivity index (χ1n) is 2.65. The third-order valence-electron chi connectivity index (χ3n) is 0.992. The van der Waals surface area contributed by atoms with Crippen LogP contribution in [0, 0.1) is 17.3 Å². The van der Waals surface area contributed by atoms with Crippen LogP contribution < -0.4 is 4.74 Å². The molecule has 0 saturated carbocycles. The topological polar surface area (TPSA) is 33.0 Å². The molecule has 0 heterocycles. The normalized spacial score (nSPS) is 8.40. The smallest absolute Gasteiger partial charge is 0.292 e. The van der Waals surface area contributed by atoms with Crippen molar-refractivity contribution in [2.75, 3.05) is 0 Å². The number of nitriles is 1. The molecule has 0 unspecified atom stereocenters. The third kappa shape index (κ3) is 1.23. The lowest BCUT2D eigenvalue weighted by atomic mass is 10.3. The molecule has 1 aromatic rings. The van der Waals surface area contributed by atoms with Gasteiger partial charge in [-0.1, -0.05) is 12.1 Å². The summed E-state index contributed by atoms with van der Waals surface area (Å²) in [6, 6.07) is 5.74. The molecule has 2 nitrogen and oxygen atoms in total. The minimum absolute atomic E-state index is 0.0370. The lowest BCUT2D eigenvalue weighted by molar-refractivity contribution is 0.460. The summed E-state index contributed by atoms with van der Waals surface area (Å²) < 4.78 is 16.8. The van der Waals surface area contributed by atoms with Gasteiger partial charge in [-0.25, -0.2) is 4.39 Å². The van der Waals surface area contributed by atoms with Crippen molar-refractivity contribution in [3.63, 3.8) is 0 Å². The lowest BCUT2D eigenvalue weighted by Crippen LogP contribution is -1.84. The molecule has 0 aromatic heterocycles. The Balaban J connectivity index is 2.94. The average Bonchev–Trinajstić information content (AvgIpc) is 1.94. The molecule has 0 N–H and O–H groups in total. The molecule has 1 rings (SSSR count). The Kier molecular flexibility index (Phi) is 1.86. The van der Waals surface area contributed by atoms with Crippen LogP contribution in [0.3, 0.4) is 0 Å². The number of para-hydroxylation sites is 1. The number of hydrogen-bond acceptors (Lipinski definition) is 2. The molecular weight excluding hydrogens is 133 g/mol. The first-order chi connectivity index (χ1) is 4.84. The number of halogens is 1. The van der Waals surface area contributed by atoms with E-state index in [1.165, 1.54) is 24.5 Å². The summed E-state index contributed by atoms with van der Waals surface area (Å²) in [5.74, 6) is -0.561. The first kappa shape index (κ1) is 6.56. The number of benzene rings is 1. The Bertz CT molecular complexity index is 267. The van der Waals surface area contributed by atoms with Crippen LogP contribution in [0.2, 0.25) is 0 Å². The molecule has 0 aliphatic carbocycles. The van der Waals surface area contributed by atoms with Gasteiger partial charge in [-0.15, -0.1) is 5.26 Å². The highest BCUT2D eigenvalue weighted by atomic mass is 19.1. The molecule has 10 heavy (non-hydrogen) atoms. The molecule has 0 atom stereocenters. The van der Waals surface area contributed by atoms with Crippen LogP contribution in [0.4, 0.5) is 4.39 Å². The zero-order chi connectivity index (χ0) is 7.40. The fraction of sp³-hybridized carbons (Fsp3) is 0. The molecule has 0 aliphatic rings. The summed E-state index contributed by atoms with van der Waals surface area (Å²) in [5, 5.41) is 8.01. The SMILES string of the molecule is N#COc1ccccc1F. The third-order valence-corrected chi connectivity index (χ3v) is 0.992. The molecule has 3 heteroatoms. The number of hydrogen-bond donors (Lipinski definition) is 0. The Hall–Kier alpha value is -1.56. The summed E-state index contributed by atoms with van der Waals surface area (Å²) in [7, 11) is 0. The summed E-state index contributed by atoms with van der Waals surface area (Å²) in [6.45, 7) is 0. The van der Waals surface area contributed by atoms with Crippen molar-refractivity contribution in [2.24, 2.45) is 0 Å².